The molecule has 4 rings (SSSR count). The predicted molar refractivity (Wildman–Crippen MR) is 99.6 cm³/mol. The fourth-order valence-corrected chi connectivity index (χ4v) is 13.1. The summed E-state index contributed by atoms with van der Waals surface area (Å²) >= 11 is -1.83. The van der Waals surface area contributed by atoms with Gasteiger partial charge in [0.15, 0.2) is 0 Å². The molecule has 3 heteroatoms. The van der Waals surface area contributed by atoms with Crippen molar-refractivity contribution in [2.24, 2.45) is 0 Å². The molecule has 0 aromatic heterocycles. The number of hydrogen-bond donors (Lipinski definition) is 1. The van der Waals surface area contributed by atoms with Gasteiger partial charge < -0.3 is 0 Å². The van der Waals surface area contributed by atoms with Crippen molar-refractivity contribution < 1.29 is 9.84 Å². The van der Waals surface area contributed by atoms with Crippen molar-refractivity contribution in [2.75, 3.05) is 7.11 Å². The van der Waals surface area contributed by atoms with E-state index in [1.807, 2.05) is 6.07 Å². The van der Waals surface area contributed by atoms with Gasteiger partial charge in [0.25, 0.3) is 0 Å². The fraction of sp³-hybridized carbons (Fsp3) is 0.238. The first kappa shape index (κ1) is 15.8. The molecular weight excluding hydrogens is 403 g/mol. The van der Waals surface area contributed by atoms with Crippen LogP contribution >= 0.6 is 0 Å². The van der Waals surface area contributed by atoms with E-state index in [9.17, 15) is 5.11 Å². The number of hydrogen-bond acceptors (Lipinski definition) is 2. The fourth-order valence-electron chi connectivity index (χ4n) is 3.82. The number of rotatable bonds is 3. The first-order valence-electron chi connectivity index (χ1n) is 8.47. The normalized spacial score (nSPS) is 19.1. The second-order valence-electron chi connectivity index (χ2n) is 6.39. The number of phenolic OH excluding ortho intramolecular Hbond substituents is 1. The number of allylic oxidation sites excluding steroid dienone is 4. The molecule has 1 atom stereocenters. The minimum atomic E-state index is -1.83. The zero-order valence-electron chi connectivity index (χ0n) is 13.8. The van der Waals surface area contributed by atoms with Gasteiger partial charge in [0.05, 0.1) is 0 Å². The van der Waals surface area contributed by atoms with Crippen molar-refractivity contribution in [3.8, 4) is 11.5 Å². The van der Waals surface area contributed by atoms with Crippen LogP contribution in [-0.4, -0.2) is 32.0 Å². The standard InChI is InChI=1S/C15H14O2.C6H7.Sn/c1-11(12-6-4-3-5-7-12)13-8-9-14(16)15(10-13)17-2;1-2-4-6-5-3-1;/h3-6,8-11,16H,1H2,2H3;1-2,6H,3,5H2;/q;;+1. The molecule has 0 amide bonds. The van der Waals surface area contributed by atoms with E-state index < -0.39 is 19.8 Å². The SMILES string of the molecule is COc1cc(C2[CH2][Sn+]([C]3=CCCC=C3)[c]3ccccc32)ccc1O. The van der Waals surface area contributed by atoms with Crippen molar-refractivity contribution in [3.63, 3.8) is 0 Å². The molecule has 2 aromatic carbocycles. The van der Waals surface area contributed by atoms with Crippen LogP contribution in [0.2, 0.25) is 4.44 Å². The third-order valence-corrected chi connectivity index (χ3v) is 13.6. The average molecular weight is 424 g/mol. The molecule has 2 aromatic rings. The molecule has 0 saturated heterocycles. The van der Waals surface area contributed by atoms with Gasteiger partial charge in [0.2, 0.25) is 0 Å². The van der Waals surface area contributed by atoms with Crippen LogP contribution in [-0.2, 0) is 0 Å². The van der Waals surface area contributed by atoms with Gasteiger partial charge in [-0.25, -0.2) is 0 Å². The Morgan fingerprint density at radius 1 is 1.12 bits per heavy atom. The maximum absolute atomic E-state index is 9.90. The molecule has 1 heterocycles. The molecular formula is C21H21O2Sn+. The van der Waals surface area contributed by atoms with Crippen LogP contribution in [0, 0.1) is 0 Å². The molecule has 24 heavy (non-hydrogen) atoms. The summed E-state index contributed by atoms with van der Waals surface area (Å²) in [5, 5.41) is 9.90. The summed E-state index contributed by atoms with van der Waals surface area (Å²) in [6.07, 6.45) is 9.57. The Morgan fingerprint density at radius 3 is 2.79 bits per heavy atom. The minimum absolute atomic E-state index is 0.212. The molecule has 2 aliphatic rings. The van der Waals surface area contributed by atoms with Gasteiger partial charge in [-0.2, -0.15) is 0 Å². The Morgan fingerprint density at radius 2 is 2.00 bits per heavy atom. The molecule has 0 saturated carbocycles. The van der Waals surface area contributed by atoms with Gasteiger partial charge in [-0.15, -0.1) is 0 Å². The number of phenols is 1. The summed E-state index contributed by atoms with van der Waals surface area (Å²) in [6, 6.07) is 14.8. The summed E-state index contributed by atoms with van der Waals surface area (Å²) < 4.78 is 9.87. The van der Waals surface area contributed by atoms with Crippen LogP contribution in [0.4, 0.5) is 0 Å². The quantitative estimate of drug-likeness (QED) is 0.754. The third kappa shape index (κ3) is 2.77. The van der Waals surface area contributed by atoms with E-state index in [0.29, 0.717) is 11.7 Å². The predicted octanol–water partition coefficient (Wildman–Crippen LogP) is 4.06. The zero-order valence-corrected chi connectivity index (χ0v) is 16.7. The van der Waals surface area contributed by atoms with Crippen LogP contribution in [0.1, 0.15) is 29.9 Å². The van der Waals surface area contributed by atoms with Gasteiger partial charge >= 0.3 is 150 Å². The first-order chi connectivity index (χ1) is 11.8. The average Bonchev–Trinajstić information content (AvgIpc) is 3.03. The van der Waals surface area contributed by atoms with E-state index in [2.05, 4.69) is 48.6 Å². The van der Waals surface area contributed by atoms with Crippen LogP contribution in [0.25, 0.3) is 0 Å². The van der Waals surface area contributed by atoms with Crippen LogP contribution in [0.5, 0.6) is 11.5 Å². The van der Waals surface area contributed by atoms with E-state index in [1.54, 1.807) is 20.3 Å². The van der Waals surface area contributed by atoms with Gasteiger partial charge in [-0.1, -0.05) is 0 Å². The van der Waals surface area contributed by atoms with Crippen molar-refractivity contribution >= 4 is 23.3 Å². The Kier molecular flexibility index (Phi) is 4.40. The first-order valence-corrected chi connectivity index (χ1v) is 13.3. The van der Waals surface area contributed by atoms with Crippen LogP contribution in [0.3, 0.4) is 0 Å². The number of fused-ring (bicyclic) bond motifs is 1. The van der Waals surface area contributed by atoms with Gasteiger partial charge in [0.1, 0.15) is 0 Å². The molecule has 0 bridgehead atoms. The Hall–Kier alpha value is -1.68. The van der Waals surface area contributed by atoms with Gasteiger partial charge in [0, 0.05) is 0 Å². The monoisotopic (exact) mass is 425 g/mol. The summed E-state index contributed by atoms with van der Waals surface area (Å²) in [7, 11) is 1.61. The third-order valence-electron chi connectivity index (χ3n) is 5.02. The molecule has 2 nitrogen and oxygen atoms in total. The number of aromatic hydroxyl groups is 1. The summed E-state index contributed by atoms with van der Waals surface area (Å²) in [6.45, 7) is 0. The van der Waals surface area contributed by atoms with Crippen LogP contribution in [0.15, 0.2) is 64.3 Å². The molecule has 120 valence electrons. The molecule has 1 unspecified atom stereocenters. The zero-order chi connectivity index (χ0) is 16.5. The van der Waals surface area contributed by atoms with Crippen molar-refractivity contribution in [1.82, 2.24) is 0 Å². The summed E-state index contributed by atoms with van der Waals surface area (Å²) in [5.41, 5.74) is 2.74. The van der Waals surface area contributed by atoms with Gasteiger partial charge in [-0.3, -0.25) is 0 Å². The number of methoxy groups -OCH3 is 1. The molecule has 0 radical (unpaired) electrons. The molecule has 1 N–H and O–H groups in total. The van der Waals surface area contributed by atoms with Crippen LogP contribution < -0.4 is 8.32 Å². The molecule has 1 aliphatic heterocycles. The Labute approximate surface area is 150 Å². The summed E-state index contributed by atoms with van der Waals surface area (Å²) in [5.74, 6) is 1.21. The maximum atomic E-state index is 9.90. The van der Waals surface area contributed by atoms with Crippen molar-refractivity contribution in [2.45, 2.75) is 23.2 Å². The topological polar surface area (TPSA) is 29.5 Å². The van der Waals surface area contributed by atoms with E-state index in [0.717, 1.165) is 0 Å². The molecule has 0 fully saturated rings. The molecule has 0 spiro atoms. The van der Waals surface area contributed by atoms with Crippen molar-refractivity contribution in [1.29, 1.82) is 0 Å². The van der Waals surface area contributed by atoms with E-state index in [1.165, 1.54) is 28.4 Å². The number of ether oxygens (including phenoxy) is 1. The Balaban J connectivity index is 1.75. The number of benzene rings is 2. The second kappa shape index (κ2) is 6.67. The second-order valence-corrected chi connectivity index (χ2v) is 13.5. The van der Waals surface area contributed by atoms with E-state index in [4.69, 9.17) is 4.74 Å². The van der Waals surface area contributed by atoms with E-state index >= 15 is 0 Å². The van der Waals surface area contributed by atoms with Gasteiger partial charge in [-0.05, 0) is 0 Å². The van der Waals surface area contributed by atoms with Crippen molar-refractivity contribution in [3.05, 3.63) is 75.4 Å². The summed E-state index contributed by atoms with van der Waals surface area (Å²) in [4.78, 5) is 0. The van der Waals surface area contributed by atoms with E-state index in [-0.39, 0.29) is 5.75 Å². The Bertz CT molecular complexity index is 822. The molecule has 1 aliphatic carbocycles.